The summed E-state index contributed by atoms with van der Waals surface area (Å²) < 4.78 is 5.69. The predicted molar refractivity (Wildman–Crippen MR) is 125 cm³/mol. The zero-order valence-electron chi connectivity index (χ0n) is 18.5. The molecule has 1 aliphatic rings. The van der Waals surface area contributed by atoms with Gasteiger partial charge in [0.15, 0.2) is 0 Å². The maximum Gasteiger partial charge on any atom is 0.295 e. The molecule has 0 radical (unpaired) electrons. The number of aromatic nitrogens is 1. The van der Waals surface area contributed by atoms with E-state index in [1.165, 1.54) is 4.90 Å². The summed E-state index contributed by atoms with van der Waals surface area (Å²) in [6, 6.07) is 19.1. The Morgan fingerprint density at radius 2 is 1.79 bits per heavy atom. The van der Waals surface area contributed by atoms with Crippen LogP contribution in [0.25, 0.3) is 5.76 Å². The van der Waals surface area contributed by atoms with Crippen LogP contribution in [0.2, 0.25) is 0 Å². The number of benzene rings is 2. The normalized spacial score (nSPS) is 17.4. The lowest BCUT2D eigenvalue weighted by Gasteiger charge is -2.25. The third kappa shape index (κ3) is 4.80. The molecule has 2 aromatic carbocycles. The van der Waals surface area contributed by atoms with Gasteiger partial charge in [0.1, 0.15) is 11.5 Å². The summed E-state index contributed by atoms with van der Waals surface area (Å²) in [5.41, 5.74) is 2.09. The second-order valence-corrected chi connectivity index (χ2v) is 7.93. The van der Waals surface area contributed by atoms with E-state index < -0.39 is 17.7 Å². The highest BCUT2D eigenvalue weighted by atomic mass is 16.5. The van der Waals surface area contributed by atoms with Crippen LogP contribution in [-0.2, 0) is 16.1 Å². The van der Waals surface area contributed by atoms with Gasteiger partial charge in [-0.3, -0.25) is 14.6 Å². The molecule has 6 heteroatoms. The van der Waals surface area contributed by atoms with Crippen LogP contribution in [0.15, 0.2) is 84.7 Å². The molecule has 1 saturated heterocycles. The van der Waals surface area contributed by atoms with E-state index in [9.17, 15) is 14.7 Å². The first-order valence-electron chi connectivity index (χ1n) is 11.1. The average Bonchev–Trinajstić information content (AvgIpc) is 3.10. The number of unbranched alkanes of at least 4 members (excludes halogenated alkanes) is 1. The number of aliphatic hydroxyl groups excluding tert-OH is 1. The highest BCUT2D eigenvalue weighted by molar-refractivity contribution is 6.46. The largest absolute Gasteiger partial charge is 0.507 e. The third-order valence-corrected chi connectivity index (χ3v) is 5.63. The van der Waals surface area contributed by atoms with Crippen LogP contribution in [0.4, 0.5) is 0 Å². The molecule has 3 aromatic rings. The minimum atomic E-state index is -0.702. The fourth-order valence-electron chi connectivity index (χ4n) is 3.91. The highest BCUT2D eigenvalue weighted by Crippen LogP contribution is 2.40. The molecule has 1 amide bonds. The summed E-state index contributed by atoms with van der Waals surface area (Å²) in [6.45, 7) is 2.92. The number of aliphatic hydroxyl groups is 1. The molecule has 0 bridgehead atoms. The van der Waals surface area contributed by atoms with Gasteiger partial charge < -0.3 is 14.7 Å². The quantitative estimate of drug-likeness (QED) is 0.233. The van der Waals surface area contributed by atoms with Crippen molar-refractivity contribution >= 4 is 17.4 Å². The lowest BCUT2D eigenvalue weighted by molar-refractivity contribution is -0.140. The number of carbonyl (C=O) groups is 2. The van der Waals surface area contributed by atoms with Gasteiger partial charge in [0.2, 0.25) is 0 Å². The molecule has 0 unspecified atom stereocenters. The molecule has 1 fully saturated rings. The fraction of sp³-hybridized carbons (Fsp3) is 0.222. The van der Waals surface area contributed by atoms with E-state index in [0.717, 1.165) is 24.0 Å². The summed E-state index contributed by atoms with van der Waals surface area (Å²) in [5, 5.41) is 11.2. The van der Waals surface area contributed by atoms with Crippen molar-refractivity contribution in [2.24, 2.45) is 0 Å². The number of hydrogen-bond donors (Lipinski definition) is 1. The van der Waals surface area contributed by atoms with E-state index >= 15 is 0 Å². The smallest absolute Gasteiger partial charge is 0.295 e. The molecule has 1 atom stereocenters. The van der Waals surface area contributed by atoms with Crippen molar-refractivity contribution in [3.8, 4) is 5.75 Å². The molecule has 0 spiro atoms. The van der Waals surface area contributed by atoms with Crippen molar-refractivity contribution in [3.05, 3.63) is 101 Å². The third-order valence-electron chi connectivity index (χ3n) is 5.63. The van der Waals surface area contributed by atoms with Gasteiger partial charge in [-0.2, -0.15) is 0 Å². The molecule has 4 rings (SSSR count). The first kappa shape index (κ1) is 22.3. The number of nitrogens with zero attached hydrogens (tertiary/aromatic N) is 2. The molecule has 0 aliphatic carbocycles. The predicted octanol–water partition coefficient (Wildman–Crippen LogP) is 4.88. The Labute approximate surface area is 193 Å². The monoisotopic (exact) mass is 442 g/mol. The number of amides is 1. The summed E-state index contributed by atoms with van der Waals surface area (Å²) in [4.78, 5) is 31.7. The first-order chi connectivity index (χ1) is 16.1. The number of likely N-dealkylation sites (tertiary alicyclic amines) is 1. The molecule has 33 heavy (non-hydrogen) atoms. The topological polar surface area (TPSA) is 79.7 Å². The second kappa shape index (κ2) is 10.1. The Balaban J connectivity index is 1.72. The number of rotatable bonds is 8. The van der Waals surface area contributed by atoms with Crippen LogP contribution in [0.1, 0.15) is 42.5 Å². The number of pyridine rings is 1. The average molecular weight is 443 g/mol. The number of ketones is 1. The van der Waals surface area contributed by atoms with E-state index in [4.69, 9.17) is 4.74 Å². The molecule has 1 aromatic heterocycles. The van der Waals surface area contributed by atoms with Crippen LogP contribution >= 0.6 is 0 Å². The van der Waals surface area contributed by atoms with Crippen LogP contribution in [0, 0.1) is 0 Å². The highest BCUT2D eigenvalue weighted by Gasteiger charge is 2.46. The van der Waals surface area contributed by atoms with E-state index in [2.05, 4.69) is 11.9 Å². The van der Waals surface area contributed by atoms with Gasteiger partial charge in [0, 0.05) is 24.5 Å². The second-order valence-electron chi connectivity index (χ2n) is 7.93. The van der Waals surface area contributed by atoms with Gasteiger partial charge in [0.25, 0.3) is 11.7 Å². The van der Waals surface area contributed by atoms with Gasteiger partial charge in [-0.25, -0.2) is 0 Å². The maximum atomic E-state index is 13.1. The van der Waals surface area contributed by atoms with Gasteiger partial charge in [0.05, 0.1) is 18.2 Å². The van der Waals surface area contributed by atoms with Crippen LogP contribution in [-0.4, -0.2) is 33.3 Å². The van der Waals surface area contributed by atoms with Crippen molar-refractivity contribution in [1.29, 1.82) is 0 Å². The van der Waals surface area contributed by atoms with Crippen molar-refractivity contribution in [3.63, 3.8) is 0 Å². The van der Waals surface area contributed by atoms with Gasteiger partial charge >= 0.3 is 0 Å². The molecule has 1 N–H and O–H groups in total. The summed E-state index contributed by atoms with van der Waals surface area (Å²) in [6.07, 6.45) is 5.32. The molecular formula is C27H26N2O4. The zero-order valence-corrected chi connectivity index (χ0v) is 18.5. The van der Waals surface area contributed by atoms with Crippen molar-refractivity contribution in [2.75, 3.05) is 6.61 Å². The van der Waals surface area contributed by atoms with E-state index in [-0.39, 0.29) is 17.9 Å². The Kier molecular flexibility index (Phi) is 6.83. The molecule has 2 heterocycles. The van der Waals surface area contributed by atoms with Gasteiger partial charge in [-0.15, -0.1) is 0 Å². The SMILES string of the molecule is CCCCOc1ccc(C(O)=C2C(=O)C(=O)N(Cc3cccnc3)[C@@H]2c2ccccc2)cc1. The number of carbonyl (C=O) groups excluding carboxylic acids is 2. The van der Waals surface area contributed by atoms with Crippen molar-refractivity contribution in [2.45, 2.75) is 32.4 Å². The molecule has 168 valence electrons. The van der Waals surface area contributed by atoms with E-state index in [1.807, 2.05) is 36.4 Å². The van der Waals surface area contributed by atoms with Crippen LogP contribution in [0.5, 0.6) is 5.75 Å². The van der Waals surface area contributed by atoms with E-state index in [1.54, 1.807) is 42.7 Å². The van der Waals surface area contributed by atoms with Crippen molar-refractivity contribution < 1.29 is 19.4 Å². The standard InChI is InChI=1S/C27H26N2O4/c1-2-3-16-33-22-13-11-21(12-14-22)25(30)23-24(20-9-5-4-6-10-20)29(27(32)26(23)31)18-19-8-7-15-28-17-19/h4-15,17,24,30H,2-3,16,18H2,1H3/t24-/m1/s1. The van der Waals surface area contributed by atoms with Crippen molar-refractivity contribution in [1.82, 2.24) is 9.88 Å². The fourth-order valence-corrected chi connectivity index (χ4v) is 3.91. The number of Topliss-reactive ketones (excluding diaryl/α,β-unsaturated/α-hetero) is 1. The summed E-state index contributed by atoms with van der Waals surface area (Å²) in [7, 11) is 0. The first-order valence-corrected chi connectivity index (χ1v) is 11.1. The maximum absolute atomic E-state index is 13.1. The Bertz CT molecular complexity index is 1140. The minimum Gasteiger partial charge on any atom is -0.507 e. The Morgan fingerprint density at radius 1 is 1.03 bits per heavy atom. The van der Waals surface area contributed by atoms with Crippen LogP contribution in [0.3, 0.4) is 0 Å². The minimum absolute atomic E-state index is 0.0785. The zero-order chi connectivity index (χ0) is 23.2. The summed E-state index contributed by atoms with van der Waals surface area (Å²) in [5.74, 6) is -0.852. The molecule has 1 aliphatic heterocycles. The van der Waals surface area contributed by atoms with Gasteiger partial charge in [-0.1, -0.05) is 49.7 Å². The van der Waals surface area contributed by atoms with Crippen LogP contribution < -0.4 is 4.74 Å². The molecule has 0 saturated carbocycles. The summed E-state index contributed by atoms with van der Waals surface area (Å²) >= 11 is 0. The lowest BCUT2D eigenvalue weighted by atomic mass is 9.95. The Hall–Kier alpha value is -3.93. The number of ether oxygens (including phenoxy) is 1. The lowest BCUT2D eigenvalue weighted by Crippen LogP contribution is -2.29. The van der Waals surface area contributed by atoms with Gasteiger partial charge in [-0.05, 0) is 47.9 Å². The molecular weight excluding hydrogens is 416 g/mol. The van der Waals surface area contributed by atoms with E-state index in [0.29, 0.717) is 17.9 Å². The number of hydrogen-bond acceptors (Lipinski definition) is 5. The Morgan fingerprint density at radius 3 is 2.45 bits per heavy atom. The molecule has 6 nitrogen and oxygen atoms in total.